The molecule has 0 amide bonds. The number of aromatic nitrogens is 1. The zero-order valence-electron chi connectivity index (χ0n) is 11.5. The molecule has 1 saturated carbocycles. The van der Waals surface area contributed by atoms with Crippen LogP contribution in [0, 0.1) is 0 Å². The summed E-state index contributed by atoms with van der Waals surface area (Å²) >= 11 is 0. The fraction of sp³-hybridized carbons (Fsp3) is 0.267. The second-order valence-corrected chi connectivity index (χ2v) is 6.81. The molecule has 0 radical (unpaired) electrons. The van der Waals surface area contributed by atoms with E-state index >= 15 is 0 Å². The Labute approximate surface area is 124 Å². The fourth-order valence-electron chi connectivity index (χ4n) is 1.94. The predicted octanol–water partition coefficient (Wildman–Crippen LogP) is 2.13. The van der Waals surface area contributed by atoms with Crippen LogP contribution in [0.5, 0.6) is 0 Å². The lowest BCUT2D eigenvalue weighted by Gasteiger charge is -2.08. The molecule has 0 spiro atoms. The first kappa shape index (κ1) is 14.0. The number of hydrogen-bond donors (Lipinski definition) is 2. The molecule has 0 bridgehead atoms. The van der Waals surface area contributed by atoms with Gasteiger partial charge in [0, 0.05) is 17.9 Å². The van der Waals surface area contributed by atoms with Gasteiger partial charge >= 0.3 is 0 Å². The van der Waals surface area contributed by atoms with Gasteiger partial charge in [-0.15, -0.1) is 0 Å². The van der Waals surface area contributed by atoms with Gasteiger partial charge in [0.2, 0.25) is 10.0 Å². The van der Waals surface area contributed by atoms with Gasteiger partial charge in [-0.05, 0) is 49.2 Å². The van der Waals surface area contributed by atoms with Crippen LogP contribution in [0.25, 0.3) is 0 Å². The molecule has 3 rings (SSSR count). The van der Waals surface area contributed by atoms with Crippen LogP contribution in [0.3, 0.4) is 0 Å². The Morgan fingerprint density at radius 1 is 1.10 bits per heavy atom. The maximum atomic E-state index is 12.0. The summed E-state index contributed by atoms with van der Waals surface area (Å²) in [6.45, 7) is 0.604. The standard InChI is InChI=1S/C15H17N3O2S/c19-21(20,18-13-4-5-13)15-8-6-12(7-9-15)17-11-14-3-1-2-10-16-14/h1-3,6-10,13,17-18H,4-5,11H2. The second-order valence-electron chi connectivity index (χ2n) is 5.09. The van der Waals surface area contributed by atoms with Crippen molar-refractivity contribution in [1.29, 1.82) is 0 Å². The average Bonchev–Trinajstić information content (AvgIpc) is 3.30. The van der Waals surface area contributed by atoms with Crippen LogP contribution in [-0.2, 0) is 16.6 Å². The molecule has 0 aliphatic heterocycles. The summed E-state index contributed by atoms with van der Waals surface area (Å²) in [5.74, 6) is 0. The lowest BCUT2D eigenvalue weighted by atomic mass is 10.3. The van der Waals surface area contributed by atoms with E-state index in [2.05, 4.69) is 15.0 Å². The number of nitrogens with zero attached hydrogens (tertiary/aromatic N) is 1. The highest BCUT2D eigenvalue weighted by Gasteiger charge is 2.27. The molecule has 5 nitrogen and oxygen atoms in total. The van der Waals surface area contributed by atoms with Crippen LogP contribution in [-0.4, -0.2) is 19.4 Å². The largest absolute Gasteiger partial charge is 0.379 e. The van der Waals surface area contributed by atoms with Crippen LogP contribution >= 0.6 is 0 Å². The van der Waals surface area contributed by atoms with E-state index in [1.165, 1.54) is 0 Å². The van der Waals surface area contributed by atoms with Gasteiger partial charge in [0.25, 0.3) is 0 Å². The summed E-state index contributed by atoms with van der Waals surface area (Å²) in [7, 11) is -3.37. The third-order valence-electron chi connectivity index (χ3n) is 3.26. The quantitative estimate of drug-likeness (QED) is 0.857. The highest BCUT2D eigenvalue weighted by molar-refractivity contribution is 7.89. The van der Waals surface area contributed by atoms with Crippen molar-refractivity contribution in [2.24, 2.45) is 0 Å². The fourth-order valence-corrected chi connectivity index (χ4v) is 3.24. The van der Waals surface area contributed by atoms with Gasteiger partial charge in [0.05, 0.1) is 17.1 Å². The predicted molar refractivity (Wildman–Crippen MR) is 81.3 cm³/mol. The highest BCUT2D eigenvalue weighted by atomic mass is 32.2. The minimum absolute atomic E-state index is 0.122. The minimum Gasteiger partial charge on any atom is -0.379 e. The van der Waals surface area contributed by atoms with Gasteiger partial charge in [-0.2, -0.15) is 0 Å². The molecule has 2 N–H and O–H groups in total. The summed E-state index contributed by atoms with van der Waals surface area (Å²) in [6, 6.07) is 12.6. The molecule has 1 fully saturated rings. The van der Waals surface area contributed by atoms with E-state index in [1.54, 1.807) is 30.5 Å². The van der Waals surface area contributed by atoms with Crippen LogP contribution in [0.2, 0.25) is 0 Å². The van der Waals surface area contributed by atoms with Crippen molar-refractivity contribution in [2.75, 3.05) is 5.32 Å². The van der Waals surface area contributed by atoms with Crippen LogP contribution in [0.15, 0.2) is 53.6 Å². The smallest absolute Gasteiger partial charge is 0.240 e. The molecular weight excluding hydrogens is 286 g/mol. The Kier molecular flexibility index (Phi) is 3.90. The molecule has 1 aliphatic carbocycles. The summed E-state index contributed by atoms with van der Waals surface area (Å²) in [6.07, 6.45) is 3.61. The van der Waals surface area contributed by atoms with Crippen molar-refractivity contribution in [3.8, 4) is 0 Å². The third-order valence-corrected chi connectivity index (χ3v) is 4.80. The van der Waals surface area contributed by atoms with Crippen molar-refractivity contribution in [1.82, 2.24) is 9.71 Å². The monoisotopic (exact) mass is 303 g/mol. The number of pyridine rings is 1. The van der Waals surface area contributed by atoms with Crippen LogP contribution in [0.4, 0.5) is 5.69 Å². The molecule has 1 heterocycles. The maximum absolute atomic E-state index is 12.0. The Hall–Kier alpha value is -1.92. The Balaban J connectivity index is 1.63. The number of anilines is 1. The average molecular weight is 303 g/mol. The zero-order valence-corrected chi connectivity index (χ0v) is 12.3. The zero-order chi connectivity index (χ0) is 14.7. The molecule has 2 aromatic rings. The molecule has 1 aromatic heterocycles. The number of benzene rings is 1. The van der Waals surface area contributed by atoms with Crippen molar-refractivity contribution in [2.45, 2.75) is 30.3 Å². The van der Waals surface area contributed by atoms with E-state index < -0.39 is 10.0 Å². The molecule has 0 unspecified atom stereocenters. The number of rotatable bonds is 6. The highest BCUT2D eigenvalue weighted by Crippen LogP contribution is 2.22. The maximum Gasteiger partial charge on any atom is 0.240 e. The van der Waals surface area contributed by atoms with E-state index in [0.29, 0.717) is 11.4 Å². The molecule has 6 heteroatoms. The summed E-state index contributed by atoms with van der Waals surface area (Å²) in [4.78, 5) is 4.53. The van der Waals surface area contributed by atoms with Gasteiger partial charge in [-0.1, -0.05) is 6.07 Å². The van der Waals surface area contributed by atoms with Crippen LogP contribution < -0.4 is 10.0 Å². The third kappa shape index (κ3) is 3.80. The van der Waals surface area contributed by atoms with E-state index in [9.17, 15) is 8.42 Å². The van der Waals surface area contributed by atoms with Crippen LogP contribution in [0.1, 0.15) is 18.5 Å². The van der Waals surface area contributed by atoms with E-state index in [1.807, 2.05) is 18.2 Å². The van der Waals surface area contributed by atoms with Crippen molar-refractivity contribution >= 4 is 15.7 Å². The van der Waals surface area contributed by atoms with E-state index in [-0.39, 0.29) is 6.04 Å². The van der Waals surface area contributed by atoms with Gasteiger partial charge in [0.1, 0.15) is 0 Å². The van der Waals surface area contributed by atoms with Crippen molar-refractivity contribution in [3.05, 3.63) is 54.4 Å². The summed E-state index contributed by atoms with van der Waals surface area (Å²) < 4.78 is 26.7. The molecule has 1 aromatic carbocycles. The first-order valence-electron chi connectivity index (χ1n) is 6.90. The SMILES string of the molecule is O=S(=O)(NC1CC1)c1ccc(NCc2ccccn2)cc1. The summed E-state index contributed by atoms with van der Waals surface area (Å²) in [5, 5.41) is 3.21. The van der Waals surface area contributed by atoms with Gasteiger partial charge in [-0.25, -0.2) is 13.1 Å². The first-order valence-corrected chi connectivity index (χ1v) is 8.38. The number of nitrogens with one attached hydrogen (secondary N) is 2. The van der Waals surface area contributed by atoms with E-state index in [0.717, 1.165) is 24.2 Å². The summed E-state index contributed by atoms with van der Waals surface area (Å²) in [5.41, 5.74) is 1.80. The minimum atomic E-state index is -3.37. The van der Waals surface area contributed by atoms with Gasteiger partial charge < -0.3 is 5.32 Å². The first-order chi connectivity index (χ1) is 10.1. The number of hydrogen-bond acceptors (Lipinski definition) is 4. The Morgan fingerprint density at radius 2 is 1.86 bits per heavy atom. The Bertz CT molecular complexity index is 695. The molecule has 1 aliphatic rings. The van der Waals surface area contributed by atoms with Gasteiger partial charge in [-0.3, -0.25) is 4.98 Å². The molecular formula is C15H17N3O2S. The lowest BCUT2D eigenvalue weighted by molar-refractivity contribution is 0.581. The normalized spacial score (nSPS) is 14.9. The topological polar surface area (TPSA) is 71.1 Å². The molecule has 110 valence electrons. The molecule has 21 heavy (non-hydrogen) atoms. The lowest BCUT2D eigenvalue weighted by Crippen LogP contribution is -2.25. The van der Waals surface area contributed by atoms with E-state index in [4.69, 9.17) is 0 Å². The van der Waals surface area contributed by atoms with Crippen molar-refractivity contribution < 1.29 is 8.42 Å². The molecule has 0 saturated heterocycles. The van der Waals surface area contributed by atoms with Gasteiger partial charge in [0.15, 0.2) is 0 Å². The van der Waals surface area contributed by atoms with Crippen molar-refractivity contribution in [3.63, 3.8) is 0 Å². The molecule has 0 atom stereocenters. The Morgan fingerprint density at radius 3 is 2.48 bits per heavy atom. The second kappa shape index (κ2) is 5.83. The number of sulfonamides is 1.